The molecule has 0 unspecified atom stereocenters. The Morgan fingerprint density at radius 1 is 1.08 bits per heavy atom. The fraction of sp³-hybridized carbons (Fsp3) is 0.185. The minimum absolute atomic E-state index is 0.00402. The molecule has 36 heavy (non-hydrogen) atoms. The minimum atomic E-state index is -0.372. The lowest BCUT2D eigenvalue weighted by Crippen LogP contribution is -2.31. The van der Waals surface area contributed by atoms with Gasteiger partial charge in [-0.15, -0.1) is 0 Å². The summed E-state index contributed by atoms with van der Waals surface area (Å²) < 4.78 is 1.37. The van der Waals surface area contributed by atoms with E-state index in [0.717, 1.165) is 30.5 Å². The van der Waals surface area contributed by atoms with E-state index in [1.165, 1.54) is 16.9 Å². The number of nitrogens with zero attached hydrogens (tertiary/aromatic N) is 3. The topological polar surface area (TPSA) is 109 Å². The van der Waals surface area contributed by atoms with Crippen LogP contribution in [-0.2, 0) is 6.54 Å². The zero-order valence-corrected chi connectivity index (χ0v) is 20.1. The number of phenolic OH excluding ortho intramolecular Hbond substituents is 1. The van der Waals surface area contributed by atoms with Gasteiger partial charge in [-0.05, 0) is 60.9 Å². The number of amides is 2. The van der Waals surface area contributed by atoms with Gasteiger partial charge in [0.1, 0.15) is 5.75 Å². The van der Waals surface area contributed by atoms with Crippen molar-refractivity contribution < 1.29 is 14.7 Å². The van der Waals surface area contributed by atoms with Crippen LogP contribution in [-0.4, -0.2) is 31.8 Å². The Balaban J connectivity index is 1.41. The van der Waals surface area contributed by atoms with Crippen molar-refractivity contribution in [2.75, 3.05) is 5.32 Å². The molecule has 1 aliphatic rings. The van der Waals surface area contributed by atoms with Gasteiger partial charge in [0, 0.05) is 41.1 Å². The molecule has 2 aromatic heterocycles. The van der Waals surface area contributed by atoms with E-state index in [1.54, 1.807) is 36.5 Å². The van der Waals surface area contributed by atoms with Gasteiger partial charge in [0.15, 0.2) is 0 Å². The Bertz CT molecular complexity index is 1420. The lowest BCUT2D eigenvalue weighted by Gasteiger charge is -2.25. The summed E-state index contributed by atoms with van der Waals surface area (Å²) in [7, 11) is 0. The highest BCUT2D eigenvalue weighted by Gasteiger charge is 2.27. The van der Waals surface area contributed by atoms with Crippen molar-refractivity contribution in [1.82, 2.24) is 20.1 Å². The smallest absolute Gasteiger partial charge is 0.342 e. The first-order chi connectivity index (χ1) is 17.5. The lowest BCUT2D eigenvalue weighted by atomic mass is 9.82. The number of halogens is 1. The first-order valence-corrected chi connectivity index (χ1v) is 12.0. The third-order valence-electron chi connectivity index (χ3n) is 6.29. The number of aromatic nitrogens is 3. The number of pyridine rings is 1. The Hall–Kier alpha value is -4.17. The second kappa shape index (κ2) is 10.2. The standard InChI is InChI=1S/C27H24ClN5O3/c28-22-9-2-1-5-18(22)16-30-27(36)33-24(17-6-3-7-17)14-23(32-33)21-13-20(10-11-25(21)34)31-26(35)19-8-4-12-29-15-19/h1-2,4-5,8-15,17,34H,3,6-7,16H2,(H,30,36)(H,31,35). The predicted octanol–water partition coefficient (Wildman–Crippen LogP) is 5.58. The van der Waals surface area contributed by atoms with Crippen molar-refractivity contribution in [2.24, 2.45) is 0 Å². The summed E-state index contributed by atoms with van der Waals surface area (Å²) in [5.74, 6) is -0.108. The summed E-state index contributed by atoms with van der Waals surface area (Å²) in [6.45, 7) is 0.263. The summed E-state index contributed by atoms with van der Waals surface area (Å²) >= 11 is 6.22. The van der Waals surface area contributed by atoms with Crippen molar-refractivity contribution in [2.45, 2.75) is 31.7 Å². The van der Waals surface area contributed by atoms with Crippen LogP contribution in [0.3, 0.4) is 0 Å². The van der Waals surface area contributed by atoms with Gasteiger partial charge in [0.05, 0.1) is 17.0 Å². The van der Waals surface area contributed by atoms with Crippen molar-refractivity contribution in [3.05, 3.63) is 94.9 Å². The number of aromatic hydroxyl groups is 1. The number of rotatable bonds is 6. The zero-order valence-electron chi connectivity index (χ0n) is 19.3. The van der Waals surface area contributed by atoms with E-state index in [9.17, 15) is 14.7 Å². The van der Waals surface area contributed by atoms with Crippen LogP contribution in [0, 0.1) is 0 Å². The molecule has 8 nitrogen and oxygen atoms in total. The molecule has 2 heterocycles. The highest BCUT2D eigenvalue weighted by molar-refractivity contribution is 6.31. The van der Waals surface area contributed by atoms with Crippen LogP contribution in [0.25, 0.3) is 11.3 Å². The molecule has 0 saturated heterocycles. The van der Waals surface area contributed by atoms with Gasteiger partial charge >= 0.3 is 6.03 Å². The predicted molar refractivity (Wildman–Crippen MR) is 137 cm³/mol. The van der Waals surface area contributed by atoms with Gasteiger partial charge in [0.2, 0.25) is 0 Å². The maximum atomic E-state index is 13.1. The monoisotopic (exact) mass is 501 g/mol. The van der Waals surface area contributed by atoms with Gasteiger partial charge in [-0.2, -0.15) is 9.78 Å². The summed E-state index contributed by atoms with van der Waals surface area (Å²) in [6.07, 6.45) is 6.10. The summed E-state index contributed by atoms with van der Waals surface area (Å²) in [5.41, 5.74) is 3.35. The van der Waals surface area contributed by atoms with Crippen LogP contribution in [0.5, 0.6) is 5.75 Å². The van der Waals surface area contributed by atoms with Gasteiger partial charge in [0.25, 0.3) is 5.91 Å². The molecule has 182 valence electrons. The number of anilines is 1. The average Bonchev–Trinajstić information content (AvgIpc) is 3.28. The second-order valence-corrected chi connectivity index (χ2v) is 9.08. The number of benzene rings is 2. The molecule has 0 bridgehead atoms. The van der Waals surface area contributed by atoms with Gasteiger partial charge in [-0.25, -0.2) is 4.79 Å². The quantitative estimate of drug-likeness (QED) is 0.299. The fourth-order valence-electron chi connectivity index (χ4n) is 4.09. The molecular weight excluding hydrogens is 478 g/mol. The van der Waals surface area contributed by atoms with Crippen molar-refractivity contribution in [1.29, 1.82) is 0 Å². The van der Waals surface area contributed by atoms with Crippen LogP contribution in [0.2, 0.25) is 5.02 Å². The number of hydrogen-bond acceptors (Lipinski definition) is 5. The molecule has 2 aromatic carbocycles. The van der Waals surface area contributed by atoms with E-state index in [0.29, 0.717) is 27.5 Å². The lowest BCUT2D eigenvalue weighted by molar-refractivity contribution is 0.102. The third-order valence-corrected chi connectivity index (χ3v) is 6.66. The molecule has 1 saturated carbocycles. The molecule has 3 N–H and O–H groups in total. The van der Waals surface area contributed by atoms with Crippen molar-refractivity contribution in [3.63, 3.8) is 0 Å². The molecular formula is C27H24ClN5O3. The number of carbonyl (C=O) groups is 2. The van der Waals surface area contributed by atoms with E-state index in [-0.39, 0.29) is 30.2 Å². The Morgan fingerprint density at radius 3 is 2.64 bits per heavy atom. The maximum Gasteiger partial charge on any atom is 0.342 e. The number of phenols is 1. The number of carbonyl (C=O) groups excluding carboxylic acids is 2. The van der Waals surface area contributed by atoms with Crippen LogP contribution in [0.4, 0.5) is 10.5 Å². The van der Waals surface area contributed by atoms with Crippen molar-refractivity contribution in [3.8, 4) is 17.0 Å². The molecule has 5 rings (SSSR count). The molecule has 0 radical (unpaired) electrons. The minimum Gasteiger partial charge on any atom is -0.507 e. The average molecular weight is 502 g/mol. The van der Waals surface area contributed by atoms with Crippen LogP contribution in [0.1, 0.15) is 46.8 Å². The molecule has 0 atom stereocenters. The molecule has 4 aromatic rings. The highest BCUT2D eigenvalue weighted by Crippen LogP contribution is 2.39. The summed E-state index contributed by atoms with van der Waals surface area (Å²) in [6, 6.07) is 16.9. The van der Waals surface area contributed by atoms with Gasteiger partial charge < -0.3 is 15.7 Å². The third kappa shape index (κ3) is 4.94. The Morgan fingerprint density at radius 2 is 1.92 bits per heavy atom. The zero-order chi connectivity index (χ0) is 25.1. The maximum absolute atomic E-state index is 13.1. The van der Waals surface area contributed by atoms with Gasteiger partial charge in [-0.1, -0.05) is 36.2 Å². The Kier molecular flexibility index (Phi) is 6.69. The molecule has 0 aliphatic heterocycles. The SMILES string of the molecule is O=C(Nc1ccc(O)c(-c2cc(C3CCC3)n(C(=O)NCc3ccccc3Cl)n2)c1)c1cccnc1. The normalized spacial score (nSPS) is 13.1. The molecule has 9 heteroatoms. The number of nitrogens with one attached hydrogen (secondary N) is 2. The van der Waals surface area contributed by atoms with E-state index in [1.807, 2.05) is 24.3 Å². The Labute approximate surface area is 212 Å². The first kappa shape index (κ1) is 23.6. The van der Waals surface area contributed by atoms with Crippen LogP contribution >= 0.6 is 11.6 Å². The molecule has 1 fully saturated rings. The summed E-state index contributed by atoms with van der Waals surface area (Å²) in [5, 5.41) is 21.4. The van der Waals surface area contributed by atoms with E-state index < -0.39 is 0 Å². The van der Waals surface area contributed by atoms with E-state index in [2.05, 4.69) is 20.7 Å². The highest BCUT2D eigenvalue weighted by atomic mass is 35.5. The molecule has 0 spiro atoms. The van der Waals surface area contributed by atoms with Crippen molar-refractivity contribution >= 4 is 29.2 Å². The van der Waals surface area contributed by atoms with E-state index in [4.69, 9.17) is 11.6 Å². The summed E-state index contributed by atoms with van der Waals surface area (Å²) in [4.78, 5) is 29.6. The van der Waals surface area contributed by atoms with Gasteiger partial charge in [-0.3, -0.25) is 9.78 Å². The molecule has 2 amide bonds. The largest absolute Gasteiger partial charge is 0.507 e. The molecule has 1 aliphatic carbocycles. The van der Waals surface area contributed by atoms with Crippen LogP contribution < -0.4 is 10.6 Å². The van der Waals surface area contributed by atoms with Crippen LogP contribution in [0.15, 0.2) is 73.1 Å². The number of hydrogen-bond donors (Lipinski definition) is 3. The first-order valence-electron chi connectivity index (χ1n) is 11.7. The second-order valence-electron chi connectivity index (χ2n) is 8.67. The fourth-order valence-corrected chi connectivity index (χ4v) is 4.29. The van der Waals surface area contributed by atoms with E-state index >= 15 is 0 Å².